The molecule has 1 amide bonds. The van der Waals surface area contributed by atoms with E-state index in [-0.39, 0.29) is 17.8 Å². The highest BCUT2D eigenvalue weighted by Gasteiger charge is 2.27. The van der Waals surface area contributed by atoms with Crippen LogP contribution in [-0.2, 0) is 4.79 Å². The molecule has 2 aromatic carbocycles. The van der Waals surface area contributed by atoms with Gasteiger partial charge in [-0.1, -0.05) is 53.6 Å². The van der Waals surface area contributed by atoms with E-state index in [1.54, 1.807) is 18.3 Å². The second-order valence-electron chi connectivity index (χ2n) is 6.92. The van der Waals surface area contributed by atoms with Gasteiger partial charge in [-0.25, -0.2) is 9.98 Å². The number of hydrogen-bond acceptors (Lipinski definition) is 8. The number of aromatic nitrogens is 3. The van der Waals surface area contributed by atoms with Gasteiger partial charge >= 0.3 is 6.01 Å². The maximum absolute atomic E-state index is 12.9. The molecule has 0 saturated heterocycles. The Bertz CT molecular complexity index is 1300. The summed E-state index contributed by atoms with van der Waals surface area (Å²) in [5.41, 5.74) is 3.71. The predicted octanol–water partition coefficient (Wildman–Crippen LogP) is 3.37. The van der Waals surface area contributed by atoms with Crippen LogP contribution in [0.15, 0.2) is 82.3 Å². The lowest BCUT2D eigenvalue weighted by Gasteiger charge is -2.11. The van der Waals surface area contributed by atoms with Crippen molar-refractivity contribution in [3.63, 3.8) is 0 Å². The number of nitrogens with one attached hydrogen (secondary N) is 2. The van der Waals surface area contributed by atoms with Crippen LogP contribution in [0, 0.1) is 0 Å². The van der Waals surface area contributed by atoms with Crippen molar-refractivity contribution in [3.8, 4) is 17.3 Å². The van der Waals surface area contributed by atoms with Gasteiger partial charge in [0.25, 0.3) is 5.91 Å². The first-order chi connectivity index (χ1) is 15.7. The zero-order valence-electron chi connectivity index (χ0n) is 17.0. The number of amides is 1. The molecule has 0 unspecified atom stereocenters. The predicted molar refractivity (Wildman–Crippen MR) is 119 cm³/mol. The highest BCUT2D eigenvalue weighted by Crippen LogP contribution is 2.26. The van der Waals surface area contributed by atoms with E-state index in [2.05, 4.69) is 25.8 Å². The third-order valence-corrected chi connectivity index (χ3v) is 4.87. The van der Waals surface area contributed by atoms with E-state index in [4.69, 9.17) is 14.1 Å². The van der Waals surface area contributed by atoms with E-state index in [1.807, 2.05) is 54.6 Å². The molecule has 9 heteroatoms. The number of pyridine rings is 1. The van der Waals surface area contributed by atoms with Crippen LogP contribution in [0.4, 0.5) is 11.7 Å². The summed E-state index contributed by atoms with van der Waals surface area (Å²) in [4.78, 5) is 21.7. The third kappa shape index (κ3) is 3.79. The van der Waals surface area contributed by atoms with Crippen LogP contribution in [0.3, 0.4) is 0 Å². The molecule has 32 heavy (non-hydrogen) atoms. The first-order valence-electron chi connectivity index (χ1n) is 9.85. The molecule has 0 fully saturated rings. The Morgan fingerprint density at radius 1 is 1.00 bits per heavy atom. The normalized spacial score (nSPS) is 15.2. The molecule has 1 aliphatic heterocycles. The summed E-state index contributed by atoms with van der Waals surface area (Å²) in [6.45, 7) is 0. The lowest BCUT2D eigenvalue weighted by Crippen LogP contribution is -2.32. The number of para-hydroxylation sites is 1. The van der Waals surface area contributed by atoms with Crippen LogP contribution in [0.25, 0.3) is 11.5 Å². The van der Waals surface area contributed by atoms with Crippen molar-refractivity contribution in [1.29, 1.82) is 0 Å². The van der Waals surface area contributed by atoms with Gasteiger partial charge in [0.2, 0.25) is 17.9 Å². The number of carbonyl (C=O) groups excluding carboxylic acids is 1. The second-order valence-corrected chi connectivity index (χ2v) is 6.92. The summed E-state index contributed by atoms with van der Waals surface area (Å²) in [6.07, 6.45) is 0.607. The molecule has 158 valence electrons. The highest BCUT2D eigenvalue weighted by molar-refractivity contribution is 6.19. The van der Waals surface area contributed by atoms with E-state index in [1.165, 1.54) is 7.11 Å². The second kappa shape index (κ2) is 8.31. The monoisotopic (exact) mass is 426 g/mol. The molecular weight excluding hydrogens is 408 g/mol. The number of methoxy groups -OCH3 is 1. The summed E-state index contributed by atoms with van der Waals surface area (Å²) in [7, 11) is 1.53. The molecule has 4 aromatic rings. The number of nitrogens with zero attached hydrogens (tertiary/aromatic N) is 4. The Hall–Kier alpha value is -4.53. The van der Waals surface area contributed by atoms with Gasteiger partial charge in [-0.05, 0) is 12.1 Å². The van der Waals surface area contributed by atoms with Crippen molar-refractivity contribution < 1.29 is 13.9 Å². The molecule has 0 saturated carbocycles. The van der Waals surface area contributed by atoms with Crippen molar-refractivity contribution in [2.45, 2.75) is 6.17 Å². The summed E-state index contributed by atoms with van der Waals surface area (Å²) < 4.78 is 10.8. The molecule has 0 bridgehead atoms. The number of fused-ring (bicyclic) bond motifs is 1. The topological polar surface area (TPSA) is 115 Å². The highest BCUT2D eigenvalue weighted by atomic mass is 16.5. The van der Waals surface area contributed by atoms with Crippen LogP contribution in [0.2, 0.25) is 0 Å². The largest absolute Gasteiger partial charge is 0.481 e. The van der Waals surface area contributed by atoms with E-state index in [0.717, 1.165) is 11.1 Å². The average Bonchev–Trinajstić information content (AvgIpc) is 3.26. The van der Waals surface area contributed by atoms with Gasteiger partial charge < -0.3 is 19.8 Å². The molecule has 0 radical (unpaired) electrons. The Labute approximate surface area is 183 Å². The van der Waals surface area contributed by atoms with Crippen LogP contribution in [0.1, 0.15) is 11.1 Å². The van der Waals surface area contributed by atoms with Crippen molar-refractivity contribution in [3.05, 3.63) is 84.1 Å². The summed E-state index contributed by atoms with van der Waals surface area (Å²) in [6, 6.07) is 20.7. The Morgan fingerprint density at radius 3 is 2.66 bits per heavy atom. The number of ether oxygens (including phenoxy) is 1. The Balaban J connectivity index is 1.48. The summed E-state index contributed by atoms with van der Waals surface area (Å²) in [5, 5.41) is 13.9. The molecular formula is C23H18N6O3. The van der Waals surface area contributed by atoms with Gasteiger partial charge in [0.05, 0.1) is 18.5 Å². The number of anilines is 2. The maximum Gasteiger partial charge on any atom is 0.317 e. The first kappa shape index (κ1) is 19.4. The van der Waals surface area contributed by atoms with Crippen LogP contribution < -0.4 is 15.4 Å². The smallest absolute Gasteiger partial charge is 0.317 e. The van der Waals surface area contributed by atoms with Crippen LogP contribution in [-0.4, -0.2) is 40.1 Å². The number of carbonyl (C=O) groups is 1. The molecule has 1 atom stereocenters. The Morgan fingerprint density at radius 2 is 1.81 bits per heavy atom. The lowest BCUT2D eigenvalue weighted by molar-refractivity contribution is -0.116. The standard InChI is InChI=1S/C23H18N6O3/c1-31-18-13-15(11-12-24-18)22-28-29-23(32-22)27-20-21(30)25-17-10-6-5-9-16(17)19(26-20)14-7-3-2-4-8-14/h2-13,20H,1H3,(H,25,30)(H,27,29)/t20-/m1/s1. The van der Waals surface area contributed by atoms with E-state index < -0.39 is 6.17 Å². The van der Waals surface area contributed by atoms with Crippen molar-refractivity contribution in [2.24, 2.45) is 4.99 Å². The quantitative estimate of drug-likeness (QED) is 0.503. The maximum atomic E-state index is 12.9. The van der Waals surface area contributed by atoms with Gasteiger partial charge in [-0.3, -0.25) is 4.79 Å². The Kier molecular flexibility index (Phi) is 5.04. The number of benzodiazepines with no additional fused rings is 1. The number of benzene rings is 2. The van der Waals surface area contributed by atoms with Crippen molar-refractivity contribution in [1.82, 2.24) is 15.2 Å². The molecule has 2 aromatic heterocycles. The first-order valence-corrected chi connectivity index (χ1v) is 9.85. The molecule has 0 spiro atoms. The van der Waals surface area contributed by atoms with Gasteiger partial charge in [0.1, 0.15) is 0 Å². The SMILES string of the molecule is COc1cc(-c2nnc(N[C@H]3N=C(c4ccccc4)c4ccccc4NC3=O)o2)ccn1. The fourth-order valence-corrected chi connectivity index (χ4v) is 3.35. The molecule has 9 nitrogen and oxygen atoms in total. The third-order valence-electron chi connectivity index (χ3n) is 4.87. The number of rotatable bonds is 5. The van der Waals surface area contributed by atoms with Crippen LogP contribution in [0.5, 0.6) is 5.88 Å². The fourth-order valence-electron chi connectivity index (χ4n) is 3.35. The average molecular weight is 426 g/mol. The number of aliphatic imine (C=N–C) groups is 1. The molecule has 0 aliphatic carbocycles. The molecule has 1 aliphatic rings. The zero-order valence-corrected chi connectivity index (χ0v) is 17.0. The molecule has 5 rings (SSSR count). The van der Waals surface area contributed by atoms with E-state index in [0.29, 0.717) is 22.8 Å². The van der Waals surface area contributed by atoms with Gasteiger partial charge in [0, 0.05) is 29.0 Å². The number of hydrogen-bond donors (Lipinski definition) is 2. The van der Waals surface area contributed by atoms with Crippen LogP contribution >= 0.6 is 0 Å². The fraction of sp³-hybridized carbons (Fsp3) is 0.0870. The summed E-state index contributed by atoms with van der Waals surface area (Å²) in [5.74, 6) is 0.347. The van der Waals surface area contributed by atoms with Crippen molar-refractivity contribution in [2.75, 3.05) is 17.7 Å². The summed E-state index contributed by atoms with van der Waals surface area (Å²) >= 11 is 0. The minimum Gasteiger partial charge on any atom is -0.481 e. The zero-order chi connectivity index (χ0) is 21.9. The molecule has 2 N–H and O–H groups in total. The van der Waals surface area contributed by atoms with Gasteiger partial charge in [0.15, 0.2) is 0 Å². The van der Waals surface area contributed by atoms with Gasteiger partial charge in [-0.15, -0.1) is 5.10 Å². The lowest BCUT2D eigenvalue weighted by atomic mass is 10.0. The molecule has 3 heterocycles. The minimum atomic E-state index is -0.974. The van der Waals surface area contributed by atoms with Crippen molar-refractivity contribution >= 4 is 23.3 Å². The van der Waals surface area contributed by atoms with Gasteiger partial charge in [-0.2, -0.15) is 0 Å². The van der Waals surface area contributed by atoms with E-state index >= 15 is 0 Å². The minimum absolute atomic E-state index is 0.0676. The van der Waals surface area contributed by atoms with E-state index in [9.17, 15) is 4.79 Å².